The van der Waals surface area contributed by atoms with E-state index in [-0.39, 0.29) is 29.1 Å². The predicted octanol–water partition coefficient (Wildman–Crippen LogP) is 5.31. The molecule has 1 N–H and O–H groups in total. The van der Waals surface area contributed by atoms with Crippen molar-refractivity contribution in [1.29, 1.82) is 5.26 Å². The number of hydrogen-bond donors (Lipinski definition) is 1. The minimum absolute atomic E-state index is 0.0382. The minimum Gasteiger partial charge on any atom is -0.453 e. The van der Waals surface area contributed by atoms with E-state index >= 15 is 4.39 Å². The van der Waals surface area contributed by atoms with Crippen molar-refractivity contribution >= 4 is 11.8 Å². The molecule has 2 aromatic rings. The van der Waals surface area contributed by atoms with E-state index in [1.54, 1.807) is 6.07 Å². The first-order valence-electron chi connectivity index (χ1n) is 18.0. The third-order valence-electron chi connectivity index (χ3n) is 12.2. The topological polar surface area (TPSA) is 75.1 Å². The molecule has 0 unspecified atom stereocenters. The fraction of sp³-hybridized carbons (Fsp3) is 0.632. The number of nitrogens with zero attached hydrogens (tertiary/aromatic N) is 5. The van der Waals surface area contributed by atoms with Crippen molar-refractivity contribution in [2.24, 2.45) is 11.8 Å². The first-order valence-corrected chi connectivity index (χ1v) is 18.0. The molecule has 4 heterocycles. The second kappa shape index (κ2) is 13.9. The number of alkyl halides is 1. The zero-order valence-electron chi connectivity index (χ0n) is 28.3. The highest BCUT2D eigenvalue weighted by molar-refractivity contribution is 5.67. The standard InChI is InChI=1S/C38H50F2N6O2/c1-48-36(47)42-35-9-3-8-34(35)38(27-44-16-5-17-44,31-6-2-7-32(39)21-31)30-12-18-45(19-13-30)24-37(40)25-46(26-37)33-11-10-28(22-41)29(20-33)23-43-14-4-15-43/h2,6-7,10-11,20-21,30,34-35H,3-5,8-9,12-19,23-27H2,1H3,(H,42,47)/t34-,35-,38-/m0/s1. The number of likely N-dealkylation sites (tertiary alicyclic amines) is 3. The third-order valence-corrected chi connectivity index (χ3v) is 12.2. The van der Waals surface area contributed by atoms with Crippen LogP contribution in [0.5, 0.6) is 0 Å². The van der Waals surface area contributed by atoms with Crippen LogP contribution in [-0.4, -0.2) is 105 Å². The van der Waals surface area contributed by atoms with Crippen LogP contribution in [0.4, 0.5) is 19.3 Å². The lowest BCUT2D eigenvalue weighted by Gasteiger charge is -2.54. The molecule has 0 radical (unpaired) electrons. The van der Waals surface area contributed by atoms with Gasteiger partial charge in [-0.05, 0) is 131 Å². The first-order chi connectivity index (χ1) is 23.3. The summed E-state index contributed by atoms with van der Waals surface area (Å²) in [5, 5.41) is 12.8. The Balaban J connectivity index is 1.05. The summed E-state index contributed by atoms with van der Waals surface area (Å²) in [6.45, 7) is 8.54. The van der Waals surface area contributed by atoms with Crippen molar-refractivity contribution in [2.75, 3.05) is 77.5 Å². The molecule has 7 rings (SSSR count). The van der Waals surface area contributed by atoms with E-state index in [0.717, 1.165) is 101 Å². The van der Waals surface area contributed by atoms with Crippen molar-refractivity contribution in [2.45, 2.75) is 68.6 Å². The van der Waals surface area contributed by atoms with Crippen molar-refractivity contribution in [3.63, 3.8) is 0 Å². The SMILES string of the molecule is COC(=O)N[C@H]1CCC[C@@H]1[C@](CN1CCC1)(c1cccc(F)c1)C1CCN(CC2(F)CN(c3ccc(C#N)c(CN4CCC4)c3)C2)CC1. The maximum atomic E-state index is 16.2. The second-order valence-electron chi connectivity index (χ2n) is 15.1. The van der Waals surface area contributed by atoms with Gasteiger partial charge in [-0.25, -0.2) is 13.6 Å². The highest BCUT2D eigenvalue weighted by Crippen LogP contribution is 2.51. The van der Waals surface area contributed by atoms with Gasteiger partial charge in [0.15, 0.2) is 5.67 Å². The molecule has 0 bridgehead atoms. The molecule has 1 saturated carbocycles. The lowest BCUT2D eigenvalue weighted by molar-refractivity contribution is 0.00584. The molecule has 48 heavy (non-hydrogen) atoms. The Kier molecular flexibility index (Phi) is 9.65. The number of carbonyl (C=O) groups is 1. The van der Waals surface area contributed by atoms with Crippen LogP contribution >= 0.6 is 0 Å². The number of nitrogens with one attached hydrogen (secondary N) is 1. The Morgan fingerprint density at radius 2 is 1.73 bits per heavy atom. The maximum Gasteiger partial charge on any atom is 0.407 e. The van der Waals surface area contributed by atoms with E-state index in [4.69, 9.17) is 4.74 Å². The summed E-state index contributed by atoms with van der Waals surface area (Å²) >= 11 is 0. The van der Waals surface area contributed by atoms with Gasteiger partial charge in [-0.2, -0.15) is 5.26 Å². The highest BCUT2D eigenvalue weighted by Gasteiger charge is 2.54. The van der Waals surface area contributed by atoms with Gasteiger partial charge in [0.25, 0.3) is 0 Å². The number of alkyl carbamates (subject to hydrolysis) is 1. The molecule has 0 aromatic heterocycles. The number of ether oxygens (including phenoxy) is 1. The number of amides is 1. The van der Waals surface area contributed by atoms with Crippen molar-refractivity contribution < 1.29 is 18.3 Å². The number of carbonyl (C=O) groups excluding carboxylic acids is 1. The number of rotatable bonds is 11. The summed E-state index contributed by atoms with van der Waals surface area (Å²) in [5.41, 5.74) is 2.14. The van der Waals surface area contributed by atoms with E-state index < -0.39 is 11.8 Å². The van der Waals surface area contributed by atoms with Crippen LogP contribution in [-0.2, 0) is 16.7 Å². The third kappa shape index (κ3) is 6.66. The average molecular weight is 661 g/mol. The van der Waals surface area contributed by atoms with E-state index in [0.29, 0.717) is 25.2 Å². The fourth-order valence-corrected chi connectivity index (χ4v) is 9.46. The second-order valence-corrected chi connectivity index (χ2v) is 15.1. The Labute approximate surface area is 284 Å². The number of anilines is 1. The molecule has 258 valence electrons. The zero-order chi connectivity index (χ0) is 33.3. The van der Waals surface area contributed by atoms with Crippen molar-refractivity contribution in [1.82, 2.24) is 20.0 Å². The monoisotopic (exact) mass is 660 g/mol. The molecule has 5 fully saturated rings. The number of halogens is 2. The van der Waals surface area contributed by atoms with Gasteiger partial charge in [0.2, 0.25) is 0 Å². The van der Waals surface area contributed by atoms with Crippen LogP contribution in [0.15, 0.2) is 42.5 Å². The van der Waals surface area contributed by atoms with Gasteiger partial charge in [-0.1, -0.05) is 18.6 Å². The molecule has 1 amide bonds. The highest BCUT2D eigenvalue weighted by atomic mass is 19.1. The smallest absolute Gasteiger partial charge is 0.407 e. The van der Waals surface area contributed by atoms with E-state index in [2.05, 4.69) is 43.1 Å². The van der Waals surface area contributed by atoms with Crippen LogP contribution in [0, 0.1) is 29.0 Å². The number of piperidine rings is 1. The average Bonchev–Trinajstić information content (AvgIpc) is 3.50. The molecule has 2 aromatic carbocycles. The van der Waals surface area contributed by atoms with Gasteiger partial charge in [0.1, 0.15) is 5.82 Å². The summed E-state index contributed by atoms with van der Waals surface area (Å²) in [6, 6.07) is 15.4. The zero-order valence-corrected chi connectivity index (χ0v) is 28.3. The summed E-state index contributed by atoms with van der Waals surface area (Å²) in [4.78, 5) is 21.7. The summed E-state index contributed by atoms with van der Waals surface area (Å²) in [5.74, 6) is 0.206. The lowest BCUT2D eigenvalue weighted by atomic mass is 9.57. The molecular formula is C38H50F2N6O2. The summed E-state index contributed by atoms with van der Waals surface area (Å²) in [6.07, 6.45) is 6.64. The van der Waals surface area contributed by atoms with Gasteiger partial charge in [-0.15, -0.1) is 0 Å². The number of hydrogen-bond acceptors (Lipinski definition) is 7. The molecule has 4 saturated heterocycles. The molecule has 10 heteroatoms. The Morgan fingerprint density at radius 1 is 0.979 bits per heavy atom. The largest absolute Gasteiger partial charge is 0.453 e. The molecule has 5 aliphatic rings. The quantitative estimate of drug-likeness (QED) is 0.350. The van der Waals surface area contributed by atoms with Crippen LogP contribution < -0.4 is 10.2 Å². The van der Waals surface area contributed by atoms with Gasteiger partial charge >= 0.3 is 6.09 Å². The summed E-state index contributed by atoms with van der Waals surface area (Å²) in [7, 11) is 1.41. The Morgan fingerprint density at radius 3 is 2.38 bits per heavy atom. The van der Waals surface area contributed by atoms with Crippen LogP contribution in [0.25, 0.3) is 0 Å². The summed E-state index contributed by atoms with van der Waals surface area (Å²) < 4.78 is 36.2. The normalized spacial score (nSPS) is 26.1. The number of methoxy groups -OCH3 is 1. The van der Waals surface area contributed by atoms with E-state index in [1.165, 1.54) is 26.0 Å². The van der Waals surface area contributed by atoms with E-state index in [1.807, 2.05) is 18.2 Å². The van der Waals surface area contributed by atoms with Gasteiger partial charge < -0.3 is 19.9 Å². The van der Waals surface area contributed by atoms with Gasteiger partial charge in [0, 0.05) is 36.8 Å². The predicted molar refractivity (Wildman–Crippen MR) is 182 cm³/mol. The fourth-order valence-electron chi connectivity index (χ4n) is 9.46. The van der Waals surface area contributed by atoms with Gasteiger partial charge in [-0.3, -0.25) is 9.80 Å². The Bertz CT molecular complexity index is 1490. The van der Waals surface area contributed by atoms with Crippen LogP contribution in [0.3, 0.4) is 0 Å². The van der Waals surface area contributed by atoms with Gasteiger partial charge in [0.05, 0.1) is 31.8 Å². The number of nitriles is 1. The molecule has 0 spiro atoms. The lowest BCUT2D eigenvalue weighted by Crippen LogP contribution is -2.65. The minimum atomic E-state index is -1.28. The molecule has 8 nitrogen and oxygen atoms in total. The van der Waals surface area contributed by atoms with E-state index in [9.17, 15) is 14.4 Å². The van der Waals surface area contributed by atoms with Crippen LogP contribution in [0.1, 0.15) is 61.6 Å². The van der Waals surface area contributed by atoms with Crippen molar-refractivity contribution in [3.05, 3.63) is 65.0 Å². The number of benzene rings is 2. The molecule has 1 aliphatic carbocycles. The van der Waals surface area contributed by atoms with Crippen molar-refractivity contribution in [3.8, 4) is 6.07 Å². The maximum absolute atomic E-state index is 16.2. The molecular weight excluding hydrogens is 610 g/mol. The molecule has 4 aliphatic heterocycles. The first kappa shape index (κ1) is 33.2. The Hall–Kier alpha value is -3.26. The van der Waals surface area contributed by atoms with Crippen LogP contribution in [0.2, 0.25) is 0 Å². The molecule has 3 atom stereocenters.